The van der Waals surface area contributed by atoms with E-state index < -0.39 is 0 Å². The van der Waals surface area contributed by atoms with E-state index in [1.165, 1.54) is 0 Å². The minimum Gasteiger partial charge on any atom is -0.508 e. The first-order valence-electron chi connectivity index (χ1n) is 6.52. The van der Waals surface area contributed by atoms with Gasteiger partial charge in [-0.3, -0.25) is 0 Å². The SMILES string of the molecule is CNC(/C=C/c1ccc(OC)cc1)c1ccccc1O. The molecule has 0 bridgehead atoms. The minimum atomic E-state index is -0.0294. The van der Waals surface area contributed by atoms with Crippen LogP contribution in [0.1, 0.15) is 17.2 Å². The molecule has 0 aliphatic carbocycles. The van der Waals surface area contributed by atoms with Crippen molar-refractivity contribution < 1.29 is 9.84 Å². The maximum atomic E-state index is 9.89. The Hall–Kier alpha value is -2.26. The highest BCUT2D eigenvalue weighted by molar-refractivity contribution is 5.52. The topological polar surface area (TPSA) is 41.5 Å². The number of nitrogens with one attached hydrogen (secondary N) is 1. The van der Waals surface area contributed by atoms with Crippen LogP contribution < -0.4 is 10.1 Å². The van der Waals surface area contributed by atoms with Crippen LogP contribution in [0, 0.1) is 0 Å². The van der Waals surface area contributed by atoms with E-state index >= 15 is 0 Å². The van der Waals surface area contributed by atoms with Crippen molar-refractivity contribution in [1.82, 2.24) is 5.32 Å². The highest BCUT2D eigenvalue weighted by Gasteiger charge is 2.09. The third-order valence-corrected chi connectivity index (χ3v) is 3.18. The molecule has 2 aromatic rings. The third kappa shape index (κ3) is 3.39. The fourth-order valence-electron chi connectivity index (χ4n) is 2.03. The van der Waals surface area contributed by atoms with Gasteiger partial charge in [0.15, 0.2) is 0 Å². The highest BCUT2D eigenvalue weighted by atomic mass is 16.5. The summed E-state index contributed by atoms with van der Waals surface area (Å²) in [5.41, 5.74) is 1.95. The number of phenols is 1. The Morgan fingerprint density at radius 3 is 2.40 bits per heavy atom. The zero-order valence-electron chi connectivity index (χ0n) is 11.7. The van der Waals surface area contributed by atoms with Gasteiger partial charge in [-0.1, -0.05) is 42.5 Å². The van der Waals surface area contributed by atoms with Gasteiger partial charge in [-0.15, -0.1) is 0 Å². The van der Waals surface area contributed by atoms with Crippen molar-refractivity contribution in [1.29, 1.82) is 0 Å². The van der Waals surface area contributed by atoms with E-state index in [0.717, 1.165) is 16.9 Å². The van der Waals surface area contributed by atoms with E-state index in [1.54, 1.807) is 13.2 Å². The average molecular weight is 269 g/mol. The largest absolute Gasteiger partial charge is 0.508 e. The number of likely N-dealkylation sites (N-methyl/N-ethyl adjacent to an activating group) is 1. The molecule has 2 rings (SSSR count). The van der Waals surface area contributed by atoms with Crippen LogP contribution in [0.25, 0.3) is 6.08 Å². The number of methoxy groups -OCH3 is 1. The zero-order chi connectivity index (χ0) is 14.4. The number of hydrogen-bond acceptors (Lipinski definition) is 3. The second-order valence-corrected chi connectivity index (χ2v) is 4.46. The molecule has 0 aliphatic heterocycles. The Bertz CT molecular complexity index is 576. The van der Waals surface area contributed by atoms with Gasteiger partial charge in [0, 0.05) is 5.56 Å². The number of rotatable bonds is 5. The molecule has 0 aromatic heterocycles. The van der Waals surface area contributed by atoms with E-state index in [2.05, 4.69) is 5.32 Å². The fourth-order valence-corrected chi connectivity index (χ4v) is 2.03. The molecule has 0 amide bonds. The van der Waals surface area contributed by atoms with E-state index in [-0.39, 0.29) is 6.04 Å². The zero-order valence-corrected chi connectivity index (χ0v) is 11.7. The lowest BCUT2D eigenvalue weighted by Crippen LogP contribution is -2.13. The number of ether oxygens (including phenoxy) is 1. The summed E-state index contributed by atoms with van der Waals surface area (Å²) in [5.74, 6) is 1.14. The molecular weight excluding hydrogens is 250 g/mol. The first-order valence-corrected chi connectivity index (χ1v) is 6.52. The number of aromatic hydroxyl groups is 1. The maximum Gasteiger partial charge on any atom is 0.120 e. The smallest absolute Gasteiger partial charge is 0.120 e. The molecule has 0 spiro atoms. The normalized spacial score (nSPS) is 12.5. The summed E-state index contributed by atoms with van der Waals surface area (Å²) in [6.45, 7) is 0. The molecule has 0 heterocycles. The monoisotopic (exact) mass is 269 g/mol. The van der Waals surface area contributed by atoms with Crippen molar-refractivity contribution >= 4 is 6.08 Å². The molecule has 0 radical (unpaired) electrons. The van der Waals surface area contributed by atoms with Gasteiger partial charge in [-0.2, -0.15) is 0 Å². The Morgan fingerprint density at radius 2 is 1.80 bits per heavy atom. The van der Waals surface area contributed by atoms with Crippen LogP contribution in [0.3, 0.4) is 0 Å². The van der Waals surface area contributed by atoms with E-state index in [1.807, 2.05) is 61.7 Å². The second-order valence-electron chi connectivity index (χ2n) is 4.46. The molecule has 0 aliphatic rings. The average Bonchev–Trinajstić information content (AvgIpc) is 2.50. The molecule has 1 atom stereocenters. The van der Waals surface area contributed by atoms with Gasteiger partial charge in [-0.05, 0) is 30.8 Å². The molecule has 3 heteroatoms. The van der Waals surface area contributed by atoms with E-state index in [0.29, 0.717) is 5.75 Å². The predicted molar refractivity (Wildman–Crippen MR) is 81.9 cm³/mol. The van der Waals surface area contributed by atoms with Gasteiger partial charge in [0.25, 0.3) is 0 Å². The Balaban J connectivity index is 2.17. The van der Waals surface area contributed by atoms with Crippen LogP contribution in [0.4, 0.5) is 0 Å². The van der Waals surface area contributed by atoms with Crippen LogP contribution >= 0.6 is 0 Å². The summed E-state index contributed by atoms with van der Waals surface area (Å²) in [6.07, 6.45) is 4.05. The van der Waals surface area contributed by atoms with Gasteiger partial charge in [0.05, 0.1) is 13.2 Å². The summed E-state index contributed by atoms with van der Waals surface area (Å²) < 4.78 is 5.13. The lowest BCUT2D eigenvalue weighted by Gasteiger charge is -2.13. The number of benzene rings is 2. The first kappa shape index (κ1) is 14.2. The van der Waals surface area contributed by atoms with Crippen molar-refractivity contribution in [2.24, 2.45) is 0 Å². The Morgan fingerprint density at radius 1 is 1.10 bits per heavy atom. The molecule has 20 heavy (non-hydrogen) atoms. The highest BCUT2D eigenvalue weighted by Crippen LogP contribution is 2.25. The Labute approximate surface area is 119 Å². The summed E-state index contributed by atoms with van der Waals surface area (Å²) >= 11 is 0. The van der Waals surface area contributed by atoms with Crippen molar-refractivity contribution in [3.63, 3.8) is 0 Å². The number of phenolic OH excluding ortho intramolecular Hbond substituents is 1. The number of hydrogen-bond donors (Lipinski definition) is 2. The second kappa shape index (κ2) is 6.78. The van der Waals surface area contributed by atoms with Crippen molar-refractivity contribution in [3.05, 3.63) is 65.7 Å². The molecule has 2 N–H and O–H groups in total. The van der Waals surface area contributed by atoms with Crippen molar-refractivity contribution in [3.8, 4) is 11.5 Å². The summed E-state index contributed by atoms with van der Waals surface area (Å²) in [5, 5.41) is 13.1. The van der Waals surface area contributed by atoms with Gasteiger partial charge >= 0.3 is 0 Å². The quantitative estimate of drug-likeness (QED) is 0.874. The van der Waals surface area contributed by atoms with Crippen LogP contribution in [-0.4, -0.2) is 19.3 Å². The fraction of sp³-hybridized carbons (Fsp3) is 0.176. The van der Waals surface area contributed by atoms with Crippen LogP contribution in [0.2, 0.25) is 0 Å². The molecule has 3 nitrogen and oxygen atoms in total. The summed E-state index contributed by atoms with van der Waals surface area (Å²) in [7, 11) is 3.52. The third-order valence-electron chi connectivity index (χ3n) is 3.18. The Kier molecular flexibility index (Phi) is 4.80. The maximum absolute atomic E-state index is 9.89. The van der Waals surface area contributed by atoms with Crippen LogP contribution in [-0.2, 0) is 0 Å². The molecular formula is C17H19NO2. The molecule has 2 aromatic carbocycles. The van der Waals surface area contributed by atoms with E-state index in [9.17, 15) is 5.11 Å². The van der Waals surface area contributed by atoms with Gasteiger partial charge in [0.2, 0.25) is 0 Å². The van der Waals surface area contributed by atoms with E-state index in [4.69, 9.17) is 4.74 Å². The summed E-state index contributed by atoms with van der Waals surface area (Å²) in [6, 6.07) is 15.1. The standard InChI is InChI=1S/C17H19NO2/c1-18-16(15-5-3-4-6-17(15)19)12-9-13-7-10-14(20-2)11-8-13/h3-12,16,18-19H,1-2H3/b12-9+. The molecule has 0 saturated heterocycles. The lowest BCUT2D eigenvalue weighted by molar-refractivity contribution is 0.415. The predicted octanol–water partition coefficient (Wildman–Crippen LogP) is 3.37. The van der Waals surface area contributed by atoms with Gasteiger partial charge in [-0.25, -0.2) is 0 Å². The van der Waals surface area contributed by atoms with Crippen molar-refractivity contribution in [2.45, 2.75) is 6.04 Å². The molecule has 0 saturated carbocycles. The van der Waals surface area contributed by atoms with Crippen LogP contribution in [0.5, 0.6) is 11.5 Å². The van der Waals surface area contributed by atoms with Crippen LogP contribution in [0.15, 0.2) is 54.6 Å². The number of para-hydroxylation sites is 1. The molecule has 104 valence electrons. The molecule has 1 unspecified atom stereocenters. The van der Waals surface area contributed by atoms with Gasteiger partial charge < -0.3 is 15.2 Å². The minimum absolute atomic E-state index is 0.0294. The van der Waals surface area contributed by atoms with Gasteiger partial charge in [0.1, 0.15) is 11.5 Å². The summed E-state index contributed by atoms with van der Waals surface area (Å²) in [4.78, 5) is 0. The lowest BCUT2D eigenvalue weighted by atomic mass is 10.0. The van der Waals surface area contributed by atoms with Crippen molar-refractivity contribution in [2.75, 3.05) is 14.2 Å². The first-order chi connectivity index (χ1) is 9.74. The molecule has 0 fully saturated rings.